The number of esters is 1. The molecule has 0 atom stereocenters. The number of halogens is 3. The third-order valence-electron chi connectivity index (χ3n) is 5.67. The highest BCUT2D eigenvalue weighted by atomic mass is 19.1. The molecule has 0 amide bonds. The van der Waals surface area contributed by atoms with Crippen molar-refractivity contribution in [1.82, 2.24) is 0 Å². The van der Waals surface area contributed by atoms with E-state index in [4.69, 9.17) is 10.4 Å². The maximum absolute atomic E-state index is 13.4. The van der Waals surface area contributed by atoms with Crippen LogP contribution >= 0.6 is 0 Å². The highest BCUT2D eigenvalue weighted by molar-refractivity contribution is 5.89. The van der Waals surface area contributed by atoms with Crippen LogP contribution in [-0.2, 0) is 11.3 Å². The fourth-order valence-corrected chi connectivity index (χ4v) is 3.51. The van der Waals surface area contributed by atoms with Gasteiger partial charge in [-0.1, -0.05) is 65.8 Å². The number of nitrogens with zero attached hydrogens (tertiary/aromatic N) is 1. The van der Waals surface area contributed by atoms with E-state index in [0.29, 0.717) is 22.3 Å². The molecule has 0 bridgehead atoms. The first-order valence-electron chi connectivity index (χ1n) is 12.3. The number of rotatable bonds is 5. The lowest BCUT2D eigenvalue weighted by Crippen LogP contribution is -2.03. The van der Waals surface area contributed by atoms with Crippen LogP contribution < -0.4 is 0 Å². The molecule has 0 radical (unpaired) electrons. The van der Waals surface area contributed by atoms with Crippen molar-refractivity contribution in [3.8, 4) is 6.07 Å². The summed E-state index contributed by atoms with van der Waals surface area (Å²) in [6.45, 7) is 11.5. The second-order valence-corrected chi connectivity index (χ2v) is 9.55. The monoisotopic (exact) mass is 527 g/mol. The van der Waals surface area contributed by atoms with Crippen molar-refractivity contribution in [2.45, 2.75) is 65.9 Å². The fraction of sp³-hybridized carbons (Fsp3) is 0.355. The molecule has 1 N–H and O–H groups in total. The number of hydrogen-bond donors (Lipinski definition) is 1. The van der Waals surface area contributed by atoms with E-state index in [1.165, 1.54) is 31.4 Å². The summed E-state index contributed by atoms with van der Waals surface area (Å²) in [5.74, 6) is -0.880. The van der Waals surface area contributed by atoms with Crippen molar-refractivity contribution in [3.05, 3.63) is 105 Å². The molecule has 0 aliphatic carbocycles. The maximum atomic E-state index is 13.4. The highest BCUT2D eigenvalue weighted by Crippen LogP contribution is 2.21. The van der Waals surface area contributed by atoms with Crippen LogP contribution in [-0.4, -0.2) is 18.2 Å². The van der Waals surface area contributed by atoms with E-state index in [0.717, 1.165) is 5.56 Å². The molecule has 0 saturated heterocycles. The summed E-state index contributed by atoms with van der Waals surface area (Å²) in [6, 6.07) is 15.6. The van der Waals surface area contributed by atoms with Gasteiger partial charge in [0.2, 0.25) is 0 Å². The van der Waals surface area contributed by atoms with Crippen molar-refractivity contribution < 1.29 is 27.8 Å². The number of carbonyl (C=O) groups excluding carboxylic acids is 1. The summed E-state index contributed by atoms with van der Waals surface area (Å²) in [5, 5.41) is 17.4. The van der Waals surface area contributed by atoms with Gasteiger partial charge in [-0.05, 0) is 70.3 Å². The SMILES string of the molecule is CC(C)c1ccc(CO)cc1F.CC(C)c1ccc(F)cc1C#N.COC(=O)c1ccc(C(C)C)c(F)c1. The Morgan fingerprint density at radius 2 is 1.32 bits per heavy atom. The molecule has 0 saturated carbocycles. The number of benzene rings is 3. The molecule has 0 fully saturated rings. The molecule has 0 heterocycles. The average molecular weight is 528 g/mol. The predicted molar refractivity (Wildman–Crippen MR) is 143 cm³/mol. The van der Waals surface area contributed by atoms with Gasteiger partial charge in [0.25, 0.3) is 0 Å². The summed E-state index contributed by atoms with van der Waals surface area (Å²) in [4.78, 5) is 11.1. The van der Waals surface area contributed by atoms with Gasteiger partial charge in [0.05, 0.1) is 30.9 Å². The molecule has 0 unspecified atom stereocenters. The van der Waals surface area contributed by atoms with Gasteiger partial charge >= 0.3 is 5.97 Å². The van der Waals surface area contributed by atoms with Crippen LogP contribution in [0, 0.1) is 28.8 Å². The van der Waals surface area contributed by atoms with Crippen LogP contribution in [0.2, 0.25) is 0 Å². The van der Waals surface area contributed by atoms with Crippen molar-refractivity contribution in [2.75, 3.05) is 7.11 Å². The van der Waals surface area contributed by atoms with Crippen LogP contribution in [0.5, 0.6) is 0 Å². The smallest absolute Gasteiger partial charge is 0.337 e. The van der Waals surface area contributed by atoms with Crippen LogP contribution in [0.25, 0.3) is 0 Å². The Kier molecular flexibility index (Phi) is 13.3. The first-order chi connectivity index (χ1) is 17.9. The van der Waals surface area contributed by atoms with E-state index in [2.05, 4.69) is 4.74 Å². The lowest BCUT2D eigenvalue weighted by Gasteiger charge is -2.07. The van der Waals surface area contributed by atoms with Crippen molar-refractivity contribution in [1.29, 1.82) is 5.26 Å². The van der Waals surface area contributed by atoms with Crippen LogP contribution in [0.3, 0.4) is 0 Å². The molecule has 38 heavy (non-hydrogen) atoms. The van der Waals surface area contributed by atoms with E-state index >= 15 is 0 Å². The van der Waals surface area contributed by atoms with Gasteiger partial charge in [-0.2, -0.15) is 5.26 Å². The number of aliphatic hydroxyl groups excluding tert-OH is 1. The number of ether oxygens (including phenoxy) is 1. The van der Waals surface area contributed by atoms with E-state index in [-0.39, 0.29) is 47.4 Å². The van der Waals surface area contributed by atoms with Crippen molar-refractivity contribution >= 4 is 5.97 Å². The molecular weight excluding hydrogens is 491 g/mol. The van der Waals surface area contributed by atoms with Crippen LogP contribution in [0.1, 0.15) is 97.5 Å². The molecule has 204 valence electrons. The standard InChI is InChI=1S/C11H13FO2.C10H10FN.C10H13FO/c1-7(2)9-5-4-8(6-10(9)12)11(13)14-3;1-7(2)10-4-3-9(11)5-8(10)6-12;1-7(2)9-4-3-8(6-12)5-10(9)11/h4-7H,1-3H3;3-5,7H,1-2H3;3-5,7,12H,6H2,1-2H3. The molecule has 7 heteroatoms. The largest absolute Gasteiger partial charge is 0.465 e. The summed E-state index contributed by atoms with van der Waals surface area (Å²) in [6.07, 6.45) is 0. The Bertz CT molecular complexity index is 1250. The Morgan fingerprint density at radius 1 is 0.816 bits per heavy atom. The molecule has 3 aromatic carbocycles. The topological polar surface area (TPSA) is 70.3 Å². The maximum Gasteiger partial charge on any atom is 0.337 e. The van der Waals surface area contributed by atoms with Crippen molar-refractivity contribution in [2.24, 2.45) is 0 Å². The lowest BCUT2D eigenvalue weighted by atomic mass is 9.98. The van der Waals surface area contributed by atoms with Crippen LogP contribution in [0.15, 0.2) is 54.6 Å². The molecule has 0 aliphatic heterocycles. The zero-order valence-electron chi connectivity index (χ0n) is 23.0. The molecular formula is C31H36F3NO3. The van der Waals surface area contributed by atoms with E-state index in [1.54, 1.807) is 30.3 Å². The fourth-order valence-electron chi connectivity index (χ4n) is 3.51. The van der Waals surface area contributed by atoms with Crippen LogP contribution in [0.4, 0.5) is 13.2 Å². The molecule has 0 aromatic heterocycles. The minimum atomic E-state index is -0.515. The van der Waals surface area contributed by atoms with Gasteiger partial charge < -0.3 is 9.84 Å². The van der Waals surface area contributed by atoms with Crippen molar-refractivity contribution in [3.63, 3.8) is 0 Å². The summed E-state index contributed by atoms with van der Waals surface area (Å²) in [7, 11) is 1.27. The third-order valence-corrected chi connectivity index (χ3v) is 5.67. The molecule has 0 spiro atoms. The number of aliphatic hydroxyl groups is 1. The van der Waals surface area contributed by atoms with E-state index < -0.39 is 5.97 Å². The quantitative estimate of drug-likeness (QED) is 0.341. The second-order valence-electron chi connectivity index (χ2n) is 9.55. The number of carbonyl (C=O) groups is 1. The minimum absolute atomic E-state index is 0.102. The Labute approximate surface area is 223 Å². The Balaban J connectivity index is 0.000000286. The van der Waals surface area contributed by atoms with Gasteiger partial charge in [-0.15, -0.1) is 0 Å². The number of methoxy groups -OCH3 is 1. The van der Waals surface area contributed by atoms with Gasteiger partial charge in [0, 0.05) is 0 Å². The van der Waals surface area contributed by atoms with Gasteiger partial charge in [0.15, 0.2) is 0 Å². The summed E-state index contributed by atoms with van der Waals surface area (Å²) >= 11 is 0. The molecule has 4 nitrogen and oxygen atoms in total. The van der Waals surface area contributed by atoms with Gasteiger partial charge in [-0.3, -0.25) is 0 Å². The first-order valence-corrected chi connectivity index (χ1v) is 12.3. The lowest BCUT2D eigenvalue weighted by molar-refractivity contribution is 0.0600. The zero-order valence-corrected chi connectivity index (χ0v) is 23.0. The summed E-state index contributed by atoms with van der Waals surface area (Å²) < 4.78 is 43.7. The van der Waals surface area contributed by atoms with E-state index in [1.807, 2.05) is 47.6 Å². The minimum Gasteiger partial charge on any atom is -0.465 e. The molecule has 3 aromatic rings. The van der Waals surface area contributed by atoms with Gasteiger partial charge in [0.1, 0.15) is 17.5 Å². The molecule has 0 aliphatic rings. The second kappa shape index (κ2) is 15.6. The number of nitriles is 1. The Morgan fingerprint density at radius 3 is 1.74 bits per heavy atom. The first kappa shape index (κ1) is 32.4. The average Bonchev–Trinajstić information content (AvgIpc) is 2.87. The Hall–Kier alpha value is -3.63. The summed E-state index contributed by atoms with van der Waals surface area (Å²) in [5.41, 5.74) is 3.51. The predicted octanol–water partition coefficient (Wildman–Crippen LogP) is 8.00. The van der Waals surface area contributed by atoms with E-state index in [9.17, 15) is 18.0 Å². The number of hydrogen-bond acceptors (Lipinski definition) is 4. The third kappa shape index (κ3) is 9.68. The van der Waals surface area contributed by atoms with Gasteiger partial charge in [-0.25, -0.2) is 18.0 Å². The zero-order chi connectivity index (χ0) is 29.0. The molecule has 3 rings (SSSR count). The normalized spacial score (nSPS) is 10.3. The highest BCUT2D eigenvalue weighted by Gasteiger charge is 2.11.